The van der Waals surface area contributed by atoms with Gasteiger partial charge in [-0.3, -0.25) is 19.6 Å². The minimum atomic E-state index is -0.302. The lowest BCUT2D eigenvalue weighted by Gasteiger charge is -2.37. The van der Waals surface area contributed by atoms with Crippen LogP contribution in [0.3, 0.4) is 0 Å². The van der Waals surface area contributed by atoms with E-state index in [1.807, 2.05) is 30.3 Å². The van der Waals surface area contributed by atoms with Crippen molar-refractivity contribution in [3.05, 3.63) is 36.0 Å². The van der Waals surface area contributed by atoms with E-state index in [-0.39, 0.29) is 18.1 Å². The predicted molar refractivity (Wildman–Crippen MR) is 110 cm³/mol. The largest absolute Gasteiger partial charge is 0.390 e. The van der Waals surface area contributed by atoms with Crippen LogP contribution in [0.15, 0.2) is 30.3 Å². The number of benzene rings is 1. The summed E-state index contributed by atoms with van der Waals surface area (Å²) in [4.78, 5) is 23.1. The lowest BCUT2D eigenvalue weighted by atomic mass is 10.1. The van der Waals surface area contributed by atoms with Gasteiger partial charge in [-0.2, -0.15) is 0 Å². The second-order valence-corrected chi connectivity index (χ2v) is 8.06. The van der Waals surface area contributed by atoms with Crippen LogP contribution in [0.4, 0.5) is 5.69 Å². The molecule has 2 saturated heterocycles. The van der Waals surface area contributed by atoms with E-state index in [1.54, 1.807) is 0 Å². The maximum Gasteiger partial charge on any atom is 0.221 e. The standard InChI is InChI=1S/C21H29N5O2/c1-15(27)22-17-5-6-19-16(11-17)3-4-18(23-19)12-25-13-20(21(28)14-25)26-9-7-24(2)8-10-26/h3-6,11,20-21,28H,7-10,12-14H2,1-2H3,(H,22,27)/t20-,21-/m0/s1. The minimum Gasteiger partial charge on any atom is -0.390 e. The van der Waals surface area contributed by atoms with Crippen molar-refractivity contribution >= 4 is 22.5 Å². The molecular weight excluding hydrogens is 354 g/mol. The van der Waals surface area contributed by atoms with Crippen LogP contribution in [0.5, 0.6) is 0 Å². The number of likely N-dealkylation sites (tertiary alicyclic amines) is 1. The predicted octanol–water partition coefficient (Wildman–Crippen LogP) is 0.986. The number of amides is 1. The van der Waals surface area contributed by atoms with Crippen molar-refractivity contribution < 1.29 is 9.90 Å². The number of aromatic nitrogens is 1. The zero-order chi connectivity index (χ0) is 19.7. The molecule has 2 N–H and O–H groups in total. The number of piperazine rings is 1. The van der Waals surface area contributed by atoms with Crippen LogP contribution in [-0.2, 0) is 11.3 Å². The molecule has 1 aromatic heterocycles. The molecule has 2 aliphatic rings. The van der Waals surface area contributed by atoms with E-state index in [1.165, 1.54) is 6.92 Å². The van der Waals surface area contributed by atoms with Crippen molar-refractivity contribution in [3.8, 4) is 0 Å². The second-order valence-electron chi connectivity index (χ2n) is 8.06. The average molecular weight is 383 g/mol. The third kappa shape index (κ3) is 4.33. The van der Waals surface area contributed by atoms with Gasteiger partial charge in [0.15, 0.2) is 0 Å². The van der Waals surface area contributed by atoms with E-state index >= 15 is 0 Å². The molecule has 0 bridgehead atoms. The fraction of sp³-hybridized carbons (Fsp3) is 0.524. The average Bonchev–Trinajstić information content (AvgIpc) is 3.02. The number of aliphatic hydroxyl groups excluding tert-OH is 1. The summed E-state index contributed by atoms with van der Waals surface area (Å²) in [7, 11) is 2.15. The number of pyridine rings is 1. The van der Waals surface area contributed by atoms with Crippen LogP contribution in [-0.4, -0.2) is 89.2 Å². The number of carbonyl (C=O) groups excluding carboxylic acids is 1. The number of likely N-dealkylation sites (N-methyl/N-ethyl adjacent to an activating group) is 1. The molecule has 150 valence electrons. The van der Waals surface area contributed by atoms with Crippen molar-refractivity contribution in [2.45, 2.75) is 25.6 Å². The molecule has 2 aromatic rings. The zero-order valence-corrected chi connectivity index (χ0v) is 16.6. The molecular formula is C21H29N5O2. The summed E-state index contributed by atoms with van der Waals surface area (Å²) in [6, 6.07) is 10.1. The quantitative estimate of drug-likeness (QED) is 0.820. The molecule has 1 aromatic carbocycles. The lowest BCUT2D eigenvalue weighted by Crippen LogP contribution is -2.52. The molecule has 2 atom stereocenters. The molecule has 3 heterocycles. The van der Waals surface area contributed by atoms with E-state index < -0.39 is 0 Å². The maximum atomic E-state index is 11.2. The smallest absolute Gasteiger partial charge is 0.221 e. The number of aliphatic hydroxyl groups is 1. The molecule has 1 amide bonds. The van der Waals surface area contributed by atoms with Gasteiger partial charge in [-0.1, -0.05) is 6.07 Å². The van der Waals surface area contributed by atoms with Crippen LogP contribution in [0.1, 0.15) is 12.6 Å². The SMILES string of the molecule is CC(=O)Nc1ccc2nc(CN3C[C@H](O)[C@@H](N4CCN(C)CC4)C3)ccc2c1. The number of nitrogens with zero attached hydrogens (tertiary/aromatic N) is 4. The minimum absolute atomic E-state index is 0.0774. The molecule has 2 aliphatic heterocycles. The van der Waals surface area contributed by atoms with Gasteiger partial charge in [0.1, 0.15) is 0 Å². The van der Waals surface area contributed by atoms with Crippen LogP contribution < -0.4 is 5.32 Å². The summed E-state index contributed by atoms with van der Waals surface area (Å²) in [5.41, 5.74) is 2.71. The van der Waals surface area contributed by atoms with Crippen LogP contribution in [0.25, 0.3) is 10.9 Å². The highest BCUT2D eigenvalue weighted by Gasteiger charge is 2.36. The Balaban J connectivity index is 1.41. The van der Waals surface area contributed by atoms with Gasteiger partial charge in [-0.15, -0.1) is 0 Å². The monoisotopic (exact) mass is 383 g/mol. The molecule has 2 fully saturated rings. The number of rotatable bonds is 4. The zero-order valence-electron chi connectivity index (χ0n) is 16.6. The van der Waals surface area contributed by atoms with Crippen molar-refractivity contribution in [3.63, 3.8) is 0 Å². The lowest BCUT2D eigenvalue weighted by molar-refractivity contribution is -0.114. The number of hydrogen-bond acceptors (Lipinski definition) is 6. The van der Waals surface area contributed by atoms with E-state index in [9.17, 15) is 9.90 Å². The third-order valence-electron chi connectivity index (χ3n) is 5.79. The summed E-state index contributed by atoms with van der Waals surface area (Å²) in [5.74, 6) is -0.0774. The first kappa shape index (κ1) is 19.3. The molecule has 28 heavy (non-hydrogen) atoms. The van der Waals surface area contributed by atoms with Gasteiger partial charge in [0.2, 0.25) is 5.91 Å². The van der Waals surface area contributed by atoms with Gasteiger partial charge in [0.25, 0.3) is 0 Å². The summed E-state index contributed by atoms with van der Waals surface area (Å²) in [6.45, 7) is 8.00. The van der Waals surface area contributed by atoms with E-state index in [0.29, 0.717) is 6.54 Å². The highest BCUT2D eigenvalue weighted by molar-refractivity contribution is 5.92. The van der Waals surface area contributed by atoms with Crippen molar-refractivity contribution in [1.82, 2.24) is 19.7 Å². The normalized spacial score (nSPS) is 24.7. The number of hydrogen-bond donors (Lipinski definition) is 2. The van der Waals surface area contributed by atoms with E-state index in [0.717, 1.165) is 61.6 Å². The Morgan fingerprint density at radius 2 is 1.96 bits per heavy atom. The Labute approximate surface area is 165 Å². The molecule has 4 rings (SSSR count). The third-order valence-corrected chi connectivity index (χ3v) is 5.79. The molecule has 0 spiro atoms. The highest BCUT2D eigenvalue weighted by Crippen LogP contribution is 2.22. The summed E-state index contributed by atoms with van der Waals surface area (Å²) < 4.78 is 0. The number of fused-ring (bicyclic) bond motifs is 1. The summed E-state index contributed by atoms with van der Waals surface area (Å²) in [5, 5.41) is 14.4. The Hall–Kier alpha value is -2.06. The number of β-amino-alcohol motifs (C(OH)–C–C–N with tert-alkyl or cyclic N) is 1. The Morgan fingerprint density at radius 3 is 2.71 bits per heavy atom. The number of nitrogens with one attached hydrogen (secondary N) is 1. The molecule has 0 saturated carbocycles. The summed E-state index contributed by atoms with van der Waals surface area (Å²) in [6.07, 6.45) is -0.302. The van der Waals surface area contributed by atoms with Gasteiger partial charge in [-0.05, 0) is 31.3 Å². The Morgan fingerprint density at radius 1 is 1.18 bits per heavy atom. The van der Waals surface area contributed by atoms with Gasteiger partial charge >= 0.3 is 0 Å². The first-order valence-electron chi connectivity index (χ1n) is 9.98. The molecule has 0 radical (unpaired) electrons. The first-order chi connectivity index (χ1) is 13.5. The van der Waals surface area contributed by atoms with Crippen molar-refractivity contribution in [1.29, 1.82) is 0 Å². The van der Waals surface area contributed by atoms with Crippen LogP contribution in [0, 0.1) is 0 Å². The van der Waals surface area contributed by atoms with E-state index in [2.05, 4.69) is 27.1 Å². The topological polar surface area (TPSA) is 71.9 Å². The first-order valence-corrected chi connectivity index (χ1v) is 9.98. The molecule has 0 unspecified atom stereocenters. The van der Waals surface area contributed by atoms with Crippen molar-refractivity contribution in [2.75, 3.05) is 51.6 Å². The molecule has 0 aliphatic carbocycles. The Bertz CT molecular complexity index is 850. The van der Waals surface area contributed by atoms with Gasteiger partial charge in [0.05, 0.1) is 17.3 Å². The fourth-order valence-corrected chi connectivity index (χ4v) is 4.25. The molecule has 7 heteroatoms. The summed E-state index contributed by atoms with van der Waals surface area (Å²) >= 11 is 0. The number of carbonyl (C=O) groups is 1. The number of anilines is 1. The van der Waals surface area contributed by atoms with Crippen molar-refractivity contribution in [2.24, 2.45) is 0 Å². The van der Waals surface area contributed by atoms with Crippen LogP contribution >= 0.6 is 0 Å². The van der Waals surface area contributed by atoms with Gasteiger partial charge in [-0.25, -0.2) is 0 Å². The van der Waals surface area contributed by atoms with E-state index in [4.69, 9.17) is 4.98 Å². The fourth-order valence-electron chi connectivity index (χ4n) is 4.25. The second kappa shape index (κ2) is 8.13. The molecule has 7 nitrogen and oxygen atoms in total. The Kier molecular flexibility index (Phi) is 5.59. The van der Waals surface area contributed by atoms with Crippen LogP contribution in [0.2, 0.25) is 0 Å². The van der Waals surface area contributed by atoms with Gasteiger partial charge in [0, 0.05) is 69.9 Å². The van der Waals surface area contributed by atoms with Gasteiger partial charge < -0.3 is 15.3 Å². The highest BCUT2D eigenvalue weighted by atomic mass is 16.3. The maximum absolute atomic E-state index is 11.2.